The summed E-state index contributed by atoms with van der Waals surface area (Å²) in [5.74, 6) is 0.560. The molecule has 30 heavy (non-hydrogen) atoms. The fourth-order valence-electron chi connectivity index (χ4n) is 4.25. The SMILES string of the molecule is CC(=O)Nc1cc2onc(CCC3CCN(CCc4ccccc4)CC3)c2cc1Cl. The number of nitrogens with zero attached hydrogens (tertiary/aromatic N) is 2. The lowest BCUT2D eigenvalue weighted by Gasteiger charge is -2.31. The van der Waals surface area contributed by atoms with E-state index in [1.165, 1.54) is 38.4 Å². The maximum atomic E-state index is 11.3. The van der Waals surface area contributed by atoms with Crippen LogP contribution in [0.15, 0.2) is 47.0 Å². The number of hydrogen-bond acceptors (Lipinski definition) is 4. The van der Waals surface area contributed by atoms with Gasteiger partial charge in [0, 0.05) is 24.9 Å². The number of nitrogens with one attached hydrogen (secondary N) is 1. The number of benzene rings is 2. The van der Waals surface area contributed by atoms with Gasteiger partial charge in [-0.25, -0.2) is 0 Å². The van der Waals surface area contributed by atoms with E-state index >= 15 is 0 Å². The second-order valence-electron chi connectivity index (χ2n) is 8.20. The summed E-state index contributed by atoms with van der Waals surface area (Å²) in [7, 11) is 0. The summed E-state index contributed by atoms with van der Waals surface area (Å²) in [5, 5.41) is 8.43. The van der Waals surface area contributed by atoms with E-state index in [4.69, 9.17) is 16.1 Å². The molecular weight excluding hydrogens is 398 g/mol. The van der Waals surface area contributed by atoms with E-state index in [1.807, 2.05) is 6.07 Å². The van der Waals surface area contributed by atoms with Crippen LogP contribution in [0.2, 0.25) is 5.02 Å². The summed E-state index contributed by atoms with van der Waals surface area (Å²) in [6.07, 6.45) is 5.59. The van der Waals surface area contributed by atoms with Crippen LogP contribution in [0.5, 0.6) is 0 Å². The van der Waals surface area contributed by atoms with Crippen molar-refractivity contribution in [3.05, 3.63) is 58.7 Å². The van der Waals surface area contributed by atoms with E-state index in [1.54, 1.807) is 6.07 Å². The predicted molar refractivity (Wildman–Crippen MR) is 121 cm³/mol. The van der Waals surface area contributed by atoms with Crippen LogP contribution in [0, 0.1) is 5.92 Å². The van der Waals surface area contributed by atoms with Crippen molar-refractivity contribution in [2.45, 2.75) is 39.0 Å². The van der Waals surface area contributed by atoms with E-state index in [0.717, 1.165) is 42.8 Å². The molecule has 2 heterocycles. The summed E-state index contributed by atoms with van der Waals surface area (Å²) < 4.78 is 5.49. The van der Waals surface area contributed by atoms with Gasteiger partial charge in [-0.15, -0.1) is 0 Å². The molecule has 5 nitrogen and oxygen atoms in total. The van der Waals surface area contributed by atoms with Crippen molar-refractivity contribution in [1.82, 2.24) is 10.1 Å². The van der Waals surface area contributed by atoms with Crippen molar-refractivity contribution in [2.75, 3.05) is 25.0 Å². The number of anilines is 1. The molecule has 0 saturated carbocycles. The highest BCUT2D eigenvalue weighted by Gasteiger charge is 2.20. The van der Waals surface area contributed by atoms with Crippen molar-refractivity contribution >= 4 is 34.2 Å². The van der Waals surface area contributed by atoms with Crippen LogP contribution in [0.1, 0.15) is 37.4 Å². The molecule has 2 aromatic carbocycles. The largest absolute Gasteiger partial charge is 0.356 e. The Balaban J connectivity index is 1.28. The fourth-order valence-corrected chi connectivity index (χ4v) is 4.46. The molecule has 0 atom stereocenters. The van der Waals surface area contributed by atoms with Gasteiger partial charge >= 0.3 is 0 Å². The van der Waals surface area contributed by atoms with Crippen molar-refractivity contribution in [2.24, 2.45) is 5.92 Å². The Kier molecular flexibility index (Phi) is 6.70. The van der Waals surface area contributed by atoms with Crippen LogP contribution < -0.4 is 5.32 Å². The second-order valence-corrected chi connectivity index (χ2v) is 8.61. The van der Waals surface area contributed by atoms with E-state index < -0.39 is 0 Å². The molecular formula is C24H28ClN3O2. The van der Waals surface area contributed by atoms with Gasteiger partial charge in [-0.2, -0.15) is 0 Å². The summed E-state index contributed by atoms with van der Waals surface area (Å²) in [6, 6.07) is 14.3. The molecule has 1 fully saturated rings. The third-order valence-electron chi connectivity index (χ3n) is 6.00. The Morgan fingerprint density at radius 1 is 1.20 bits per heavy atom. The van der Waals surface area contributed by atoms with Gasteiger partial charge in [0.1, 0.15) is 0 Å². The van der Waals surface area contributed by atoms with Gasteiger partial charge in [-0.3, -0.25) is 4.79 Å². The molecule has 158 valence electrons. The van der Waals surface area contributed by atoms with E-state index in [9.17, 15) is 4.79 Å². The minimum Gasteiger partial charge on any atom is -0.356 e. The number of carbonyl (C=O) groups excluding carboxylic acids is 1. The topological polar surface area (TPSA) is 58.4 Å². The van der Waals surface area contributed by atoms with Gasteiger partial charge in [0.15, 0.2) is 5.58 Å². The van der Waals surface area contributed by atoms with E-state index in [2.05, 4.69) is 45.7 Å². The molecule has 0 bridgehead atoms. The first kappa shape index (κ1) is 20.9. The Morgan fingerprint density at radius 2 is 1.97 bits per heavy atom. The summed E-state index contributed by atoms with van der Waals surface area (Å²) >= 11 is 6.33. The maximum Gasteiger partial charge on any atom is 0.221 e. The number of rotatable bonds is 7. The minimum atomic E-state index is -0.161. The first-order valence-electron chi connectivity index (χ1n) is 10.7. The maximum absolute atomic E-state index is 11.3. The normalized spacial score (nSPS) is 15.5. The molecule has 1 aromatic heterocycles. The first-order chi connectivity index (χ1) is 14.6. The summed E-state index contributed by atoms with van der Waals surface area (Å²) in [6.45, 7) is 4.94. The van der Waals surface area contributed by atoms with Gasteiger partial charge in [0.05, 0.1) is 16.4 Å². The number of hydrogen-bond donors (Lipinski definition) is 1. The van der Waals surface area contributed by atoms with Crippen LogP contribution in [0.25, 0.3) is 11.0 Å². The number of piperidine rings is 1. The van der Waals surface area contributed by atoms with Crippen LogP contribution in [0.3, 0.4) is 0 Å². The number of aryl methyl sites for hydroxylation is 1. The molecule has 0 unspecified atom stereocenters. The molecule has 1 aliphatic rings. The smallest absolute Gasteiger partial charge is 0.221 e. The first-order valence-corrected chi connectivity index (χ1v) is 11.1. The number of likely N-dealkylation sites (tertiary alicyclic amines) is 1. The molecule has 1 aliphatic heterocycles. The second kappa shape index (κ2) is 9.63. The highest BCUT2D eigenvalue weighted by Crippen LogP contribution is 2.31. The lowest BCUT2D eigenvalue weighted by molar-refractivity contribution is -0.114. The zero-order valence-electron chi connectivity index (χ0n) is 17.4. The Bertz CT molecular complexity index is 994. The molecule has 1 amide bonds. The Morgan fingerprint density at radius 3 is 2.70 bits per heavy atom. The average Bonchev–Trinajstić information content (AvgIpc) is 3.13. The molecule has 0 radical (unpaired) electrons. The standard InChI is InChI=1S/C24H28ClN3O2/c1-17(29)26-23-16-24-20(15-21(23)25)22(27-30-24)8-7-19-10-13-28(14-11-19)12-9-18-5-3-2-4-6-18/h2-6,15-16,19H,7-14H2,1H3,(H,26,29). The van der Waals surface area contributed by atoms with Crippen molar-refractivity contribution < 1.29 is 9.32 Å². The molecule has 4 rings (SSSR count). The third kappa shape index (κ3) is 5.21. The zero-order valence-corrected chi connectivity index (χ0v) is 18.1. The van der Waals surface area contributed by atoms with Crippen LogP contribution >= 0.6 is 11.6 Å². The zero-order chi connectivity index (χ0) is 20.9. The van der Waals surface area contributed by atoms with Crippen molar-refractivity contribution in [3.63, 3.8) is 0 Å². The van der Waals surface area contributed by atoms with Crippen molar-refractivity contribution in [3.8, 4) is 0 Å². The van der Waals surface area contributed by atoms with Gasteiger partial charge in [0.2, 0.25) is 5.91 Å². The minimum absolute atomic E-state index is 0.161. The molecule has 6 heteroatoms. The molecule has 0 aliphatic carbocycles. The van der Waals surface area contributed by atoms with E-state index in [-0.39, 0.29) is 5.91 Å². The summed E-state index contributed by atoms with van der Waals surface area (Å²) in [4.78, 5) is 13.9. The average molecular weight is 426 g/mol. The third-order valence-corrected chi connectivity index (χ3v) is 6.31. The van der Waals surface area contributed by atoms with E-state index in [0.29, 0.717) is 16.3 Å². The van der Waals surface area contributed by atoms with Gasteiger partial charge in [-0.1, -0.05) is 47.1 Å². The molecule has 0 spiro atoms. The Hall–Kier alpha value is -2.37. The van der Waals surface area contributed by atoms with Crippen LogP contribution in [-0.2, 0) is 17.6 Å². The van der Waals surface area contributed by atoms with Gasteiger partial charge in [0.25, 0.3) is 0 Å². The lowest BCUT2D eigenvalue weighted by Crippen LogP contribution is -2.35. The highest BCUT2D eigenvalue weighted by molar-refractivity contribution is 6.34. The number of halogens is 1. The quantitative estimate of drug-likeness (QED) is 0.556. The predicted octanol–water partition coefficient (Wildman–Crippen LogP) is 5.33. The number of fused-ring (bicyclic) bond motifs is 1. The molecule has 3 aromatic rings. The monoisotopic (exact) mass is 425 g/mol. The number of carbonyl (C=O) groups is 1. The van der Waals surface area contributed by atoms with Crippen LogP contribution in [-0.4, -0.2) is 35.6 Å². The Labute approximate surface area is 182 Å². The highest BCUT2D eigenvalue weighted by atomic mass is 35.5. The number of amides is 1. The molecule has 1 N–H and O–H groups in total. The lowest BCUT2D eigenvalue weighted by atomic mass is 9.91. The fraction of sp³-hybridized carbons (Fsp3) is 0.417. The van der Waals surface area contributed by atoms with Gasteiger partial charge < -0.3 is 14.7 Å². The van der Waals surface area contributed by atoms with Gasteiger partial charge in [-0.05, 0) is 62.7 Å². The van der Waals surface area contributed by atoms with Crippen molar-refractivity contribution in [1.29, 1.82) is 0 Å². The van der Waals surface area contributed by atoms with Crippen LogP contribution in [0.4, 0.5) is 5.69 Å². The summed E-state index contributed by atoms with van der Waals surface area (Å²) in [5.41, 5.74) is 3.58. The molecule has 1 saturated heterocycles. The number of aromatic nitrogens is 1.